The van der Waals surface area contributed by atoms with Crippen LogP contribution in [0.15, 0.2) is 24.7 Å². The van der Waals surface area contributed by atoms with Gasteiger partial charge in [-0.3, -0.25) is 9.58 Å². The number of aromatic nitrogens is 4. The number of unbranched alkanes of at least 4 members (excludes halogenated alkanes) is 1. The Morgan fingerprint density at radius 3 is 2.39 bits per heavy atom. The van der Waals surface area contributed by atoms with Crippen LogP contribution in [0.4, 0.5) is 10.3 Å². The molecular weight excluding hydrogens is 319 g/mol. The summed E-state index contributed by atoms with van der Waals surface area (Å²) in [6.07, 6.45) is 6.92. The lowest BCUT2D eigenvalue weighted by atomic mass is 10.2. The second-order valence-corrected chi connectivity index (χ2v) is 5.97. The Balaban J connectivity index is 1.35. The van der Waals surface area contributed by atoms with E-state index in [1.54, 1.807) is 17.1 Å². The van der Waals surface area contributed by atoms with Gasteiger partial charge in [0.15, 0.2) is 11.0 Å². The summed E-state index contributed by atoms with van der Waals surface area (Å²) in [6.45, 7) is 5.66. The van der Waals surface area contributed by atoms with E-state index in [-0.39, 0.29) is 5.15 Å². The maximum Gasteiger partial charge on any atom is 0.225 e. The zero-order valence-electron chi connectivity index (χ0n) is 12.9. The number of halogens is 2. The maximum atomic E-state index is 13.1. The molecule has 2 aromatic heterocycles. The molecule has 2 aromatic rings. The van der Waals surface area contributed by atoms with Crippen molar-refractivity contribution in [1.82, 2.24) is 24.6 Å². The van der Waals surface area contributed by atoms with Gasteiger partial charge in [0.1, 0.15) is 0 Å². The first-order chi connectivity index (χ1) is 11.2. The van der Waals surface area contributed by atoms with E-state index in [4.69, 9.17) is 11.6 Å². The maximum absolute atomic E-state index is 13.1. The number of hydrogen-bond acceptors (Lipinski definition) is 5. The first-order valence-electron chi connectivity index (χ1n) is 7.85. The number of aryl methyl sites for hydroxylation is 1. The molecule has 124 valence electrons. The highest BCUT2D eigenvalue weighted by atomic mass is 35.5. The highest BCUT2D eigenvalue weighted by molar-refractivity contribution is 6.29. The van der Waals surface area contributed by atoms with Crippen LogP contribution in [0.3, 0.4) is 0 Å². The van der Waals surface area contributed by atoms with Crippen molar-refractivity contribution >= 4 is 17.5 Å². The Bertz CT molecular complexity index is 592. The average Bonchev–Trinajstić information content (AvgIpc) is 2.91. The summed E-state index contributed by atoms with van der Waals surface area (Å²) in [5.41, 5.74) is 0. The largest absolute Gasteiger partial charge is 0.338 e. The van der Waals surface area contributed by atoms with Gasteiger partial charge in [-0.2, -0.15) is 5.10 Å². The monoisotopic (exact) mass is 338 g/mol. The van der Waals surface area contributed by atoms with Gasteiger partial charge < -0.3 is 4.90 Å². The minimum atomic E-state index is -0.453. The molecule has 1 fully saturated rings. The minimum absolute atomic E-state index is 0.0516. The van der Waals surface area contributed by atoms with Crippen LogP contribution in [-0.4, -0.2) is 57.4 Å². The SMILES string of the molecule is Fc1cn(CCCCN2CCN(c3ncccn3)CC2)nc1Cl. The van der Waals surface area contributed by atoms with Gasteiger partial charge in [-0.05, 0) is 25.5 Å². The lowest BCUT2D eigenvalue weighted by Gasteiger charge is -2.34. The lowest BCUT2D eigenvalue weighted by Crippen LogP contribution is -2.47. The first-order valence-corrected chi connectivity index (χ1v) is 8.23. The van der Waals surface area contributed by atoms with E-state index >= 15 is 0 Å². The van der Waals surface area contributed by atoms with Crippen LogP contribution in [0, 0.1) is 5.82 Å². The second-order valence-electron chi connectivity index (χ2n) is 5.62. The van der Waals surface area contributed by atoms with Gasteiger partial charge in [0.25, 0.3) is 0 Å². The van der Waals surface area contributed by atoms with Crippen LogP contribution < -0.4 is 4.90 Å². The Morgan fingerprint density at radius 1 is 1.04 bits per heavy atom. The van der Waals surface area contributed by atoms with Crippen molar-refractivity contribution in [1.29, 1.82) is 0 Å². The second kappa shape index (κ2) is 7.70. The molecule has 1 saturated heterocycles. The van der Waals surface area contributed by atoms with E-state index in [1.807, 2.05) is 6.07 Å². The Kier molecular flexibility index (Phi) is 5.40. The highest BCUT2D eigenvalue weighted by Crippen LogP contribution is 2.12. The average molecular weight is 339 g/mol. The molecule has 3 heterocycles. The van der Waals surface area contributed by atoms with Crippen molar-refractivity contribution in [2.24, 2.45) is 0 Å². The van der Waals surface area contributed by atoms with Gasteiger partial charge >= 0.3 is 0 Å². The molecule has 0 N–H and O–H groups in total. The van der Waals surface area contributed by atoms with Crippen LogP contribution in [0.25, 0.3) is 0 Å². The highest BCUT2D eigenvalue weighted by Gasteiger charge is 2.18. The van der Waals surface area contributed by atoms with Gasteiger partial charge in [0.05, 0.1) is 6.20 Å². The van der Waals surface area contributed by atoms with E-state index in [2.05, 4.69) is 24.9 Å². The molecule has 3 rings (SSSR count). The standard InChI is InChI=1S/C15H20ClFN6/c16-14-13(17)12-23(20-14)7-2-1-6-21-8-10-22(11-9-21)15-18-4-3-5-19-15/h3-5,12H,1-2,6-11H2. The molecule has 0 saturated carbocycles. The summed E-state index contributed by atoms with van der Waals surface area (Å²) < 4.78 is 14.6. The third kappa shape index (κ3) is 4.39. The van der Waals surface area contributed by atoms with Gasteiger partial charge in [-0.1, -0.05) is 11.6 Å². The molecule has 23 heavy (non-hydrogen) atoms. The van der Waals surface area contributed by atoms with Crippen molar-refractivity contribution in [3.8, 4) is 0 Å². The fourth-order valence-corrected chi connectivity index (χ4v) is 2.87. The van der Waals surface area contributed by atoms with E-state index in [1.165, 1.54) is 6.20 Å². The van der Waals surface area contributed by atoms with E-state index < -0.39 is 5.82 Å². The normalized spacial score (nSPS) is 16.0. The van der Waals surface area contributed by atoms with Crippen molar-refractivity contribution < 1.29 is 4.39 Å². The molecule has 0 aliphatic carbocycles. The molecule has 8 heteroatoms. The molecule has 0 amide bonds. The molecule has 1 aliphatic heterocycles. The van der Waals surface area contributed by atoms with Crippen LogP contribution >= 0.6 is 11.6 Å². The zero-order valence-corrected chi connectivity index (χ0v) is 13.7. The lowest BCUT2D eigenvalue weighted by molar-refractivity contribution is 0.249. The summed E-state index contributed by atoms with van der Waals surface area (Å²) in [4.78, 5) is 13.2. The van der Waals surface area contributed by atoms with Crippen LogP contribution in [0.2, 0.25) is 5.15 Å². The summed E-state index contributed by atoms with van der Waals surface area (Å²) in [5.74, 6) is 0.357. The van der Waals surface area contributed by atoms with Crippen molar-refractivity contribution in [2.75, 3.05) is 37.6 Å². The molecule has 0 atom stereocenters. The Morgan fingerprint density at radius 2 is 1.74 bits per heavy atom. The molecule has 0 aromatic carbocycles. The molecule has 0 radical (unpaired) electrons. The number of nitrogens with zero attached hydrogens (tertiary/aromatic N) is 6. The fourth-order valence-electron chi connectivity index (χ4n) is 2.72. The molecule has 0 unspecified atom stereocenters. The summed E-state index contributed by atoms with van der Waals surface area (Å²) in [7, 11) is 0. The van der Waals surface area contributed by atoms with E-state index in [0.717, 1.165) is 51.5 Å². The first kappa shape index (κ1) is 16.1. The third-order valence-electron chi connectivity index (χ3n) is 3.99. The van der Waals surface area contributed by atoms with Crippen molar-refractivity contribution in [2.45, 2.75) is 19.4 Å². The summed E-state index contributed by atoms with van der Waals surface area (Å²) in [6, 6.07) is 1.83. The number of rotatable bonds is 6. The van der Waals surface area contributed by atoms with Gasteiger partial charge in [0, 0.05) is 45.1 Å². The van der Waals surface area contributed by atoms with Crippen LogP contribution in [-0.2, 0) is 6.54 Å². The van der Waals surface area contributed by atoms with Gasteiger partial charge in [-0.25, -0.2) is 14.4 Å². The van der Waals surface area contributed by atoms with E-state index in [9.17, 15) is 4.39 Å². The van der Waals surface area contributed by atoms with E-state index in [0.29, 0.717) is 6.54 Å². The third-order valence-corrected chi connectivity index (χ3v) is 4.25. The number of hydrogen-bond donors (Lipinski definition) is 0. The predicted molar refractivity (Wildman–Crippen MR) is 87.1 cm³/mol. The molecule has 1 aliphatic rings. The molecule has 6 nitrogen and oxygen atoms in total. The molecule has 0 spiro atoms. The van der Waals surface area contributed by atoms with Crippen molar-refractivity contribution in [3.05, 3.63) is 35.6 Å². The van der Waals surface area contributed by atoms with Crippen LogP contribution in [0.1, 0.15) is 12.8 Å². The summed E-state index contributed by atoms with van der Waals surface area (Å²) >= 11 is 5.60. The number of anilines is 1. The predicted octanol–water partition coefficient (Wildman–Crippen LogP) is 2.07. The number of piperazine rings is 1. The smallest absolute Gasteiger partial charge is 0.225 e. The van der Waals surface area contributed by atoms with Gasteiger partial charge in [-0.15, -0.1) is 0 Å². The summed E-state index contributed by atoms with van der Waals surface area (Å²) in [5, 5.41) is 3.86. The zero-order chi connectivity index (χ0) is 16.1. The van der Waals surface area contributed by atoms with Gasteiger partial charge in [0.2, 0.25) is 5.95 Å². The quantitative estimate of drug-likeness (QED) is 0.755. The minimum Gasteiger partial charge on any atom is -0.338 e. The molecular formula is C15H20ClFN6. The topological polar surface area (TPSA) is 50.1 Å². The van der Waals surface area contributed by atoms with Crippen molar-refractivity contribution in [3.63, 3.8) is 0 Å². The fraction of sp³-hybridized carbons (Fsp3) is 0.533. The Hall–Kier alpha value is -1.73. The Labute approximate surface area is 139 Å². The van der Waals surface area contributed by atoms with Crippen LogP contribution in [0.5, 0.6) is 0 Å². The molecule has 0 bridgehead atoms.